The number of halogens is 2. The van der Waals surface area contributed by atoms with Crippen molar-refractivity contribution < 1.29 is 32.6 Å². The molecule has 0 radical (unpaired) electrons. The molecule has 0 unspecified atom stereocenters. The number of hydrogen-bond donors (Lipinski definition) is 1. The van der Waals surface area contributed by atoms with Crippen molar-refractivity contribution in [3.05, 3.63) is 48.5 Å². The molecule has 2 aromatic carbocycles. The van der Waals surface area contributed by atoms with E-state index in [-0.39, 0.29) is 6.61 Å². The topological polar surface area (TPSA) is 73.9 Å². The number of ether oxygens (including phenoxy) is 3. The molecule has 148 valence electrons. The van der Waals surface area contributed by atoms with Crippen molar-refractivity contribution in [3.8, 4) is 11.5 Å². The summed E-state index contributed by atoms with van der Waals surface area (Å²) in [7, 11) is 0. The summed E-state index contributed by atoms with van der Waals surface area (Å²) in [5, 5.41) is 2.56. The number of rotatable bonds is 6. The second kappa shape index (κ2) is 8.92. The molecule has 0 aromatic heterocycles. The first-order valence-corrected chi connectivity index (χ1v) is 9.25. The molecule has 0 bridgehead atoms. The number of alkyl halides is 2. The molecule has 0 saturated heterocycles. The molecule has 9 heteroatoms. The maximum Gasteiger partial charge on any atom is 0.351 e. The van der Waals surface area contributed by atoms with Gasteiger partial charge >= 0.3 is 5.97 Å². The lowest BCUT2D eigenvalue weighted by molar-refractivity contribution is -0.162. The fourth-order valence-corrected chi connectivity index (χ4v) is 2.90. The minimum Gasteiger partial charge on any atom is -0.485 e. The number of hydrogen-bond acceptors (Lipinski definition) is 6. The Balaban J connectivity index is 1.52. The highest BCUT2D eigenvalue weighted by Crippen LogP contribution is 2.31. The second-order valence-electron chi connectivity index (χ2n) is 5.84. The van der Waals surface area contributed by atoms with Gasteiger partial charge in [0.25, 0.3) is 11.7 Å². The number of anilines is 1. The van der Waals surface area contributed by atoms with E-state index < -0.39 is 29.8 Å². The lowest BCUT2D eigenvalue weighted by Gasteiger charge is -2.25. The standard InChI is InChI=1S/C19H17F2NO5S/c1-11(17(23)22-12-6-8-13(9-7-12)28-19(20)21)26-18(24)16-10-25-14-4-2-3-5-15(14)27-16/h2-9,11,16,19H,10H2,1H3,(H,22,23)/t11-,16-/m1/s1. The first kappa shape index (κ1) is 19.9. The van der Waals surface area contributed by atoms with Crippen LogP contribution in [0.25, 0.3) is 0 Å². The molecule has 28 heavy (non-hydrogen) atoms. The molecule has 0 saturated carbocycles. The molecule has 3 rings (SSSR count). The van der Waals surface area contributed by atoms with E-state index in [1.54, 1.807) is 24.3 Å². The van der Waals surface area contributed by atoms with Crippen molar-refractivity contribution in [2.75, 3.05) is 11.9 Å². The van der Waals surface area contributed by atoms with Gasteiger partial charge in [-0.2, -0.15) is 8.78 Å². The highest BCUT2D eigenvalue weighted by Gasteiger charge is 2.31. The summed E-state index contributed by atoms with van der Waals surface area (Å²) in [5.74, 6) is -2.83. The molecule has 1 aliphatic heterocycles. The van der Waals surface area contributed by atoms with Gasteiger partial charge in [0.05, 0.1) is 0 Å². The van der Waals surface area contributed by atoms with Gasteiger partial charge in [0.2, 0.25) is 6.10 Å². The van der Waals surface area contributed by atoms with Gasteiger partial charge in [-0.15, -0.1) is 0 Å². The molecule has 0 fully saturated rings. The highest BCUT2D eigenvalue weighted by atomic mass is 32.2. The lowest BCUT2D eigenvalue weighted by atomic mass is 10.2. The van der Waals surface area contributed by atoms with Crippen LogP contribution in [0.5, 0.6) is 11.5 Å². The molecule has 1 N–H and O–H groups in total. The third kappa shape index (κ3) is 5.13. The molecule has 2 atom stereocenters. The van der Waals surface area contributed by atoms with Gasteiger partial charge in [-0.1, -0.05) is 23.9 Å². The Hall–Kier alpha value is -2.81. The summed E-state index contributed by atoms with van der Waals surface area (Å²) in [5.41, 5.74) is 0.401. The van der Waals surface area contributed by atoms with Crippen LogP contribution < -0.4 is 14.8 Å². The number of thioether (sulfide) groups is 1. The summed E-state index contributed by atoms with van der Waals surface area (Å²) in [4.78, 5) is 24.8. The molecule has 0 aliphatic carbocycles. The smallest absolute Gasteiger partial charge is 0.351 e. The minimum atomic E-state index is -2.52. The van der Waals surface area contributed by atoms with Gasteiger partial charge in [0.15, 0.2) is 17.6 Å². The zero-order chi connectivity index (χ0) is 20.1. The number of benzene rings is 2. The van der Waals surface area contributed by atoms with Crippen LogP contribution in [0.2, 0.25) is 0 Å². The zero-order valence-corrected chi connectivity index (χ0v) is 15.6. The Morgan fingerprint density at radius 2 is 1.82 bits per heavy atom. The van der Waals surface area contributed by atoms with E-state index in [1.165, 1.54) is 31.2 Å². The maximum absolute atomic E-state index is 12.3. The van der Waals surface area contributed by atoms with Crippen LogP contribution >= 0.6 is 11.8 Å². The van der Waals surface area contributed by atoms with E-state index in [4.69, 9.17) is 14.2 Å². The van der Waals surface area contributed by atoms with Crippen LogP contribution in [0.15, 0.2) is 53.4 Å². The van der Waals surface area contributed by atoms with E-state index in [9.17, 15) is 18.4 Å². The predicted molar refractivity (Wildman–Crippen MR) is 98.8 cm³/mol. The largest absolute Gasteiger partial charge is 0.485 e. The van der Waals surface area contributed by atoms with Crippen molar-refractivity contribution in [2.24, 2.45) is 0 Å². The van der Waals surface area contributed by atoms with Crippen molar-refractivity contribution >= 4 is 29.3 Å². The van der Waals surface area contributed by atoms with Crippen LogP contribution in [0.1, 0.15) is 6.92 Å². The number of esters is 1. The van der Waals surface area contributed by atoms with E-state index >= 15 is 0 Å². The molecule has 1 heterocycles. The van der Waals surface area contributed by atoms with Crippen LogP contribution in [0.4, 0.5) is 14.5 Å². The van der Waals surface area contributed by atoms with Gasteiger partial charge < -0.3 is 19.5 Å². The Labute approximate surface area is 164 Å². The highest BCUT2D eigenvalue weighted by molar-refractivity contribution is 7.99. The van der Waals surface area contributed by atoms with E-state index in [1.807, 2.05) is 0 Å². The first-order chi connectivity index (χ1) is 13.4. The van der Waals surface area contributed by atoms with Crippen molar-refractivity contribution in [3.63, 3.8) is 0 Å². The number of nitrogens with one attached hydrogen (secondary N) is 1. The molecular weight excluding hydrogens is 392 g/mol. The van der Waals surface area contributed by atoms with Crippen molar-refractivity contribution in [1.29, 1.82) is 0 Å². The summed E-state index contributed by atoms with van der Waals surface area (Å²) in [6, 6.07) is 12.8. The maximum atomic E-state index is 12.3. The SMILES string of the molecule is C[C@@H](OC(=O)[C@H]1COc2ccccc2O1)C(=O)Nc1ccc(SC(F)F)cc1. The zero-order valence-electron chi connectivity index (χ0n) is 14.8. The normalized spacial score (nSPS) is 16.4. The second-order valence-corrected chi connectivity index (χ2v) is 6.90. The average Bonchev–Trinajstić information content (AvgIpc) is 2.68. The third-order valence-electron chi connectivity index (χ3n) is 3.78. The number of carbonyl (C=O) groups excluding carboxylic acids is 2. The van der Waals surface area contributed by atoms with Gasteiger partial charge in [-0.25, -0.2) is 4.79 Å². The molecular formula is C19H17F2NO5S. The van der Waals surface area contributed by atoms with Crippen LogP contribution in [-0.2, 0) is 14.3 Å². The predicted octanol–water partition coefficient (Wildman–Crippen LogP) is 3.71. The fourth-order valence-electron chi connectivity index (χ4n) is 2.40. The van der Waals surface area contributed by atoms with Crippen LogP contribution in [0, 0.1) is 0 Å². The Bertz CT molecular complexity index is 846. The van der Waals surface area contributed by atoms with Crippen molar-refractivity contribution in [1.82, 2.24) is 0 Å². The quantitative estimate of drug-likeness (QED) is 0.579. The molecule has 2 aromatic rings. The van der Waals surface area contributed by atoms with E-state index in [2.05, 4.69) is 5.32 Å². The van der Waals surface area contributed by atoms with Gasteiger partial charge in [-0.05, 0) is 43.3 Å². The fraction of sp³-hybridized carbons (Fsp3) is 0.263. The van der Waals surface area contributed by atoms with Crippen LogP contribution in [0.3, 0.4) is 0 Å². The third-order valence-corrected chi connectivity index (χ3v) is 4.50. The Kier molecular flexibility index (Phi) is 6.35. The number of fused-ring (bicyclic) bond motifs is 1. The molecule has 1 aliphatic rings. The van der Waals surface area contributed by atoms with Crippen molar-refractivity contribution in [2.45, 2.75) is 29.8 Å². The van der Waals surface area contributed by atoms with Gasteiger partial charge in [-0.3, -0.25) is 4.79 Å². The van der Waals surface area contributed by atoms with Crippen LogP contribution in [-0.4, -0.2) is 36.4 Å². The molecule has 0 spiro atoms. The lowest BCUT2D eigenvalue weighted by Crippen LogP contribution is -2.41. The summed E-state index contributed by atoms with van der Waals surface area (Å²) in [6.07, 6.45) is -2.06. The van der Waals surface area contributed by atoms with Gasteiger partial charge in [0.1, 0.15) is 6.61 Å². The molecule has 1 amide bonds. The number of amides is 1. The van der Waals surface area contributed by atoms with Gasteiger partial charge in [0, 0.05) is 10.6 Å². The summed E-state index contributed by atoms with van der Waals surface area (Å²) < 4.78 is 40.8. The van der Waals surface area contributed by atoms with E-state index in [0.29, 0.717) is 33.8 Å². The number of para-hydroxylation sites is 2. The Morgan fingerprint density at radius 1 is 1.14 bits per heavy atom. The summed E-state index contributed by atoms with van der Waals surface area (Å²) >= 11 is 0.411. The van der Waals surface area contributed by atoms with E-state index in [0.717, 1.165) is 0 Å². The first-order valence-electron chi connectivity index (χ1n) is 8.37. The number of carbonyl (C=O) groups is 2. The minimum absolute atomic E-state index is 0.0204. The Morgan fingerprint density at radius 3 is 2.50 bits per heavy atom. The molecule has 6 nitrogen and oxygen atoms in total. The monoisotopic (exact) mass is 409 g/mol. The average molecular weight is 409 g/mol. The summed E-state index contributed by atoms with van der Waals surface area (Å²) in [6.45, 7) is 1.40.